The van der Waals surface area contributed by atoms with Crippen LogP contribution >= 0.6 is 27.3 Å². The molecule has 0 radical (unpaired) electrons. The van der Waals surface area contributed by atoms with E-state index in [0.29, 0.717) is 6.42 Å². The lowest BCUT2D eigenvalue weighted by Crippen LogP contribution is -2.06. The van der Waals surface area contributed by atoms with Crippen molar-refractivity contribution in [1.29, 1.82) is 0 Å². The Kier molecular flexibility index (Phi) is 3.23. The van der Waals surface area contributed by atoms with Gasteiger partial charge in [0.05, 0.1) is 0 Å². The van der Waals surface area contributed by atoms with E-state index in [1.807, 2.05) is 11.4 Å². The first-order chi connectivity index (χ1) is 7.25. The Labute approximate surface area is 99.3 Å². The van der Waals surface area contributed by atoms with Crippen LogP contribution in [-0.2, 0) is 6.42 Å². The fraction of sp³-hybridized carbons (Fsp3) is 0.100. The molecule has 2 heterocycles. The van der Waals surface area contributed by atoms with Gasteiger partial charge >= 0.3 is 0 Å². The van der Waals surface area contributed by atoms with Gasteiger partial charge in [-0.05, 0) is 28.1 Å². The van der Waals surface area contributed by atoms with Crippen LogP contribution in [0.3, 0.4) is 0 Å². The van der Waals surface area contributed by atoms with E-state index in [9.17, 15) is 4.79 Å². The predicted molar refractivity (Wildman–Crippen MR) is 62.1 cm³/mol. The zero-order chi connectivity index (χ0) is 10.7. The second-order valence-electron chi connectivity index (χ2n) is 2.90. The smallest absolute Gasteiger partial charge is 0.205 e. The van der Waals surface area contributed by atoms with Gasteiger partial charge in [0.25, 0.3) is 0 Å². The van der Waals surface area contributed by atoms with Gasteiger partial charge in [0, 0.05) is 33.5 Å². The number of nitrogens with zero attached hydrogens (tertiary/aromatic N) is 2. The van der Waals surface area contributed by atoms with Crippen molar-refractivity contribution in [2.75, 3.05) is 0 Å². The number of carbonyl (C=O) groups excluding carboxylic acids is 1. The van der Waals surface area contributed by atoms with Crippen molar-refractivity contribution in [3.63, 3.8) is 0 Å². The van der Waals surface area contributed by atoms with Crippen molar-refractivity contribution < 1.29 is 4.79 Å². The van der Waals surface area contributed by atoms with Crippen LogP contribution in [-0.4, -0.2) is 15.8 Å². The minimum absolute atomic E-state index is 0.0510. The summed E-state index contributed by atoms with van der Waals surface area (Å²) in [5.74, 6) is 0.229. The molecule has 0 aliphatic carbocycles. The summed E-state index contributed by atoms with van der Waals surface area (Å²) in [5, 5.41) is 1.95. The van der Waals surface area contributed by atoms with Crippen LogP contribution in [0.25, 0.3) is 0 Å². The quantitative estimate of drug-likeness (QED) is 0.813. The maximum absolute atomic E-state index is 11.7. The van der Waals surface area contributed by atoms with Crippen molar-refractivity contribution in [2.24, 2.45) is 0 Å². The Hall–Kier alpha value is -1.07. The third-order valence-electron chi connectivity index (χ3n) is 1.77. The molecule has 0 amide bonds. The first-order valence-corrected chi connectivity index (χ1v) is 5.96. The van der Waals surface area contributed by atoms with Gasteiger partial charge < -0.3 is 0 Å². The number of ketones is 1. The summed E-state index contributed by atoms with van der Waals surface area (Å²) in [6.45, 7) is 0. The number of aromatic nitrogens is 2. The Bertz CT molecular complexity index is 469. The first-order valence-electron chi connectivity index (χ1n) is 4.29. The molecule has 3 nitrogen and oxygen atoms in total. The lowest BCUT2D eigenvalue weighted by atomic mass is 10.2. The van der Waals surface area contributed by atoms with Crippen molar-refractivity contribution in [3.05, 3.63) is 45.1 Å². The van der Waals surface area contributed by atoms with Gasteiger partial charge in [-0.1, -0.05) is 0 Å². The first kappa shape index (κ1) is 10.4. The van der Waals surface area contributed by atoms with Crippen LogP contribution in [0.15, 0.2) is 34.4 Å². The molecule has 0 unspecified atom stereocenters. The largest absolute Gasteiger partial charge is 0.290 e. The van der Waals surface area contributed by atoms with E-state index in [-0.39, 0.29) is 11.6 Å². The van der Waals surface area contributed by atoms with Crippen LogP contribution in [0, 0.1) is 0 Å². The number of Topliss-reactive ketones (excluding diaryl/α,β-unsaturated/α-hetero) is 1. The molecule has 0 N–H and O–H groups in total. The van der Waals surface area contributed by atoms with Gasteiger partial charge in [0.2, 0.25) is 5.78 Å². The Morgan fingerprint density at radius 1 is 1.40 bits per heavy atom. The van der Waals surface area contributed by atoms with Crippen molar-refractivity contribution >= 4 is 33.0 Å². The highest BCUT2D eigenvalue weighted by Crippen LogP contribution is 2.20. The summed E-state index contributed by atoms with van der Waals surface area (Å²) >= 11 is 4.90. The lowest BCUT2D eigenvalue weighted by molar-refractivity contribution is 0.0984. The average molecular weight is 283 g/mol. The van der Waals surface area contributed by atoms with E-state index in [4.69, 9.17) is 0 Å². The molecular weight excluding hydrogens is 276 g/mol. The monoisotopic (exact) mass is 282 g/mol. The number of hydrogen-bond acceptors (Lipinski definition) is 4. The van der Waals surface area contributed by atoms with Gasteiger partial charge in [-0.3, -0.25) is 4.79 Å². The Balaban J connectivity index is 2.11. The maximum atomic E-state index is 11.7. The van der Waals surface area contributed by atoms with E-state index in [2.05, 4.69) is 25.9 Å². The molecule has 5 heteroatoms. The average Bonchev–Trinajstić information content (AvgIpc) is 2.65. The van der Waals surface area contributed by atoms with Crippen LogP contribution < -0.4 is 0 Å². The minimum atomic E-state index is -0.0510. The second kappa shape index (κ2) is 4.63. The number of carbonyl (C=O) groups is 1. The summed E-state index contributed by atoms with van der Waals surface area (Å²) in [4.78, 5) is 20.5. The molecular formula is C10H7BrN2OS. The van der Waals surface area contributed by atoms with E-state index >= 15 is 0 Å². The zero-order valence-electron chi connectivity index (χ0n) is 7.68. The third-order valence-corrected chi connectivity index (χ3v) is 3.47. The van der Waals surface area contributed by atoms with Gasteiger partial charge in [0.1, 0.15) is 0 Å². The standard InChI is InChI=1S/C10H7BrN2OS/c11-7-4-8(15-6-7)5-9(14)10-12-2-1-3-13-10/h1-4,6H,5H2. The van der Waals surface area contributed by atoms with E-state index < -0.39 is 0 Å². The molecule has 0 saturated carbocycles. The number of halogens is 1. The van der Waals surface area contributed by atoms with Gasteiger partial charge in [-0.25, -0.2) is 9.97 Å². The topological polar surface area (TPSA) is 42.9 Å². The van der Waals surface area contributed by atoms with Gasteiger partial charge in [0.15, 0.2) is 5.82 Å². The highest BCUT2D eigenvalue weighted by Gasteiger charge is 2.10. The predicted octanol–water partition coefficient (Wildman–Crippen LogP) is 2.73. The minimum Gasteiger partial charge on any atom is -0.290 e. The molecule has 2 rings (SSSR count). The van der Waals surface area contributed by atoms with Crippen LogP contribution in [0.2, 0.25) is 0 Å². The number of rotatable bonds is 3. The molecule has 0 saturated heterocycles. The van der Waals surface area contributed by atoms with E-state index in [0.717, 1.165) is 9.35 Å². The Morgan fingerprint density at radius 2 is 2.13 bits per heavy atom. The van der Waals surface area contributed by atoms with Crippen LogP contribution in [0.5, 0.6) is 0 Å². The summed E-state index contributed by atoms with van der Waals surface area (Å²) in [7, 11) is 0. The van der Waals surface area contributed by atoms with Gasteiger partial charge in [-0.2, -0.15) is 0 Å². The SMILES string of the molecule is O=C(Cc1cc(Br)cs1)c1ncccn1. The lowest BCUT2D eigenvalue weighted by Gasteiger charge is -1.95. The van der Waals surface area contributed by atoms with E-state index in [1.165, 1.54) is 0 Å². The number of hydrogen-bond donors (Lipinski definition) is 0. The molecule has 2 aromatic rings. The molecule has 0 atom stereocenters. The summed E-state index contributed by atoms with van der Waals surface area (Å²) < 4.78 is 1.00. The molecule has 0 fully saturated rings. The normalized spacial score (nSPS) is 10.2. The molecule has 0 aliphatic rings. The molecule has 0 aromatic carbocycles. The van der Waals surface area contributed by atoms with Gasteiger partial charge in [-0.15, -0.1) is 11.3 Å². The fourth-order valence-electron chi connectivity index (χ4n) is 1.13. The molecule has 0 spiro atoms. The molecule has 0 aliphatic heterocycles. The summed E-state index contributed by atoms with van der Waals surface area (Å²) in [6, 6.07) is 3.63. The van der Waals surface area contributed by atoms with E-state index in [1.54, 1.807) is 29.8 Å². The highest BCUT2D eigenvalue weighted by atomic mass is 79.9. The van der Waals surface area contributed by atoms with Crippen LogP contribution in [0.1, 0.15) is 15.5 Å². The van der Waals surface area contributed by atoms with Crippen molar-refractivity contribution in [2.45, 2.75) is 6.42 Å². The summed E-state index contributed by atoms with van der Waals surface area (Å²) in [5.41, 5.74) is 0. The molecule has 2 aromatic heterocycles. The maximum Gasteiger partial charge on any atom is 0.205 e. The second-order valence-corrected chi connectivity index (χ2v) is 4.82. The molecule has 15 heavy (non-hydrogen) atoms. The van der Waals surface area contributed by atoms with Crippen LogP contribution in [0.4, 0.5) is 0 Å². The molecule has 76 valence electrons. The fourth-order valence-corrected chi connectivity index (χ4v) is 2.58. The number of thiophene rings is 1. The molecule has 0 bridgehead atoms. The third kappa shape index (κ3) is 2.70. The highest BCUT2D eigenvalue weighted by molar-refractivity contribution is 9.10. The zero-order valence-corrected chi connectivity index (χ0v) is 10.1. The van der Waals surface area contributed by atoms with Crippen molar-refractivity contribution in [1.82, 2.24) is 9.97 Å². The Morgan fingerprint density at radius 3 is 2.73 bits per heavy atom. The summed E-state index contributed by atoms with van der Waals surface area (Å²) in [6.07, 6.45) is 3.51. The van der Waals surface area contributed by atoms with Crippen molar-refractivity contribution in [3.8, 4) is 0 Å².